The number of aryl methyl sites for hydroxylation is 1. The van der Waals surface area contributed by atoms with Gasteiger partial charge in [-0.2, -0.15) is 5.26 Å². The maximum atomic E-state index is 8.66. The molecule has 0 saturated heterocycles. The first-order valence-corrected chi connectivity index (χ1v) is 4.49. The topological polar surface area (TPSA) is 42.2 Å². The van der Waals surface area contributed by atoms with Crippen molar-refractivity contribution in [1.82, 2.24) is 0 Å². The summed E-state index contributed by atoms with van der Waals surface area (Å²) in [5.74, 6) is 1.55. The Morgan fingerprint density at radius 1 is 1.36 bits per heavy atom. The van der Waals surface area contributed by atoms with Crippen molar-refractivity contribution in [1.29, 1.82) is 5.26 Å². The van der Waals surface area contributed by atoms with Crippen molar-refractivity contribution in [2.75, 3.05) is 6.79 Å². The molecule has 2 rings (SSSR count). The lowest BCUT2D eigenvalue weighted by atomic mass is 10.0. The van der Waals surface area contributed by atoms with Crippen LogP contribution in [0.5, 0.6) is 11.5 Å². The van der Waals surface area contributed by atoms with Gasteiger partial charge in [0.1, 0.15) is 0 Å². The Morgan fingerprint density at radius 2 is 2.07 bits per heavy atom. The van der Waals surface area contributed by atoms with Crippen LogP contribution in [0.3, 0.4) is 0 Å². The van der Waals surface area contributed by atoms with Crippen molar-refractivity contribution in [3.8, 4) is 17.6 Å². The average Bonchev–Trinajstić information content (AvgIpc) is 2.63. The molecule has 14 heavy (non-hydrogen) atoms. The van der Waals surface area contributed by atoms with Gasteiger partial charge in [-0.1, -0.05) is 6.07 Å². The molecule has 0 saturated carbocycles. The Labute approximate surface area is 82.9 Å². The van der Waals surface area contributed by atoms with Crippen molar-refractivity contribution in [3.05, 3.63) is 22.8 Å². The number of rotatable bonds is 1. The van der Waals surface area contributed by atoms with Crippen molar-refractivity contribution in [2.45, 2.75) is 20.3 Å². The average molecular weight is 189 g/mol. The van der Waals surface area contributed by atoms with Gasteiger partial charge < -0.3 is 9.47 Å². The molecule has 0 radical (unpaired) electrons. The third-order valence-electron chi connectivity index (χ3n) is 2.50. The van der Waals surface area contributed by atoms with Crippen molar-refractivity contribution >= 4 is 0 Å². The number of hydrogen-bond donors (Lipinski definition) is 0. The molecule has 0 spiro atoms. The zero-order valence-corrected chi connectivity index (χ0v) is 8.26. The van der Waals surface area contributed by atoms with Crippen LogP contribution >= 0.6 is 0 Å². The Balaban J connectivity index is 2.59. The van der Waals surface area contributed by atoms with E-state index in [4.69, 9.17) is 14.7 Å². The monoisotopic (exact) mass is 189 g/mol. The van der Waals surface area contributed by atoms with Gasteiger partial charge >= 0.3 is 0 Å². The fraction of sp³-hybridized carbons (Fsp3) is 0.364. The van der Waals surface area contributed by atoms with Gasteiger partial charge in [-0.15, -0.1) is 0 Å². The van der Waals surface area contributed by atoms with Crippen molar-refractivity contribution in [2.24, 2.45) is 0 Å². The summed E-state index contributed by atoms with van der Waals surface area (Å²) in [6.45, 7) is 4.27. The highest BCUT2D eigenvalue weighted by molar-refractivity contribution is 5.56. The van der Waals surface area contributed by atoms with Crippen LogP contribution in [0.2, 0.25) is 0 Å². The minimum Gasteiger partial charge on any atom is -0.453 e. The molecule has 0 bridgehead atoms. The molecule has 0 amide bonds. The van der Waals surface area contributed by atoms with Gasteiger partial charge in [0.25, 0.3) is 0 Å². The van der Waals surface area contributed by atoms with Gasteiger partial charge in [0.2, 0.25) is 6.79 Å². The van der Waals surface area contributed by atoms with Crippen LogP contribution in [0.4, 0.5) is 0 Å². The predicted molar refractivity (Wildman–Crippen MR) is 51.4 cm³/mol. The summed E-state index contributed by atoms with van der Waals surface area (Å²) in [5.41, 5.74) is 3.15. The first-order chi connectivity index (χ1) is 6.74. The molecule has 0 fully saturated rings. The molecule has 0 atom stereocenters. The standard InChI is InChI=1S/C11H11NO2/c1-7-5-9(3-4-12)11-10(8(7)2)13-6-14-11/h5H,3,6H2,1-2H3. The second-order valence-corrected chi connectivity index (χ2v) is 3.38. The molecule has 3 heteroatoms. The molecule has 0 aliphatic carbocycles. The maximum absolute atomic E-state index is 8.66. The zero-order valence-electron chi connectivity index (χ0n) is 8.26. The highest BCUT2D eigenvalue weighted by Crippen LogP contribution is 2.40. The van der Waals surface area contributed by atoms with Gasteiger partial charge in [-0.05, 0) is 25.0 Å². The molecule has 1 aromatic rings. The van der Waals surface area contributed by atoms with Gasteiger partial charge in [0, 0.05) is 5.56 Å². The fourth-order valence-corrected chi connectivity index (χ4v) is 1.63. The maximum Gasteiger partial charge on any atom is 0.231 e. The molecule has 1 aromatic carbocycles. The second-order valence-electron chi connectivity index (χ2n) is 3.38. The van der Waals surface area contributed by atoms with E-state index >= 15 is 0 Å². The minimum absolute atomic E-state index is 0.262. The van der Waals surface area contributed by atoms with E-state index in [1.165, 1.54) is 0 Å². The Kier molecular flexibility index (Phi) is 2.05. The molecule has 0 N–H and O–H groups in total. The van der Waals surface area contributed by atoms with E-state index in [1.807, 2.05) is 19.9 Å². The van der Waals surface area contributed by atoms with E-state index in [1.54, 1.807) is 0 Å². The lowest BCUT2D eigenvalue weighted by molar-refractivity contribution is 0.173. The summed E-state index contributed by atoms with van der Waals surface area (Å²) in [4.78, 5) is 0. The van der Waals surface area contributed by atoms with Gasteiger partial charge in [0.05, 0.1) is 12.5 Å². The number of nitrogens with zero attached hydrogens (tertiary/aromatic N) is 1. The van der Waals surface area contributed by atoms with Crippen LogP contribution in [-0.2, 0) is 6.42 Å². The summed E-state index contributed by atoms with van der Waals surface area (Å²) in [5, 5.41) is 8.66. The quantitative estimate of drug-likeness (QED) is 0.679. The Hall–Kier alpha value is -1.69. The Morgan fingerprint density at radius 3 is 2.79 bits per heavy atom. The number of nitriles is 1. The fourth-order valence-electron chi connectivity index (χ4n) is 1.63. The summed E-state index contributed by atoms with van der Waals surface area (Å²) >= 11 is 0. The van der Waals surface area contributed by atoms with Crippen LogP contribution < -0.4 is 9.47 Å². The van der Waals surface area contributed by atoms with Gasteiger partial charge in [-0.3, -0.25) is 0 Å². The molecular weight excluding hydrogens is 178 g/mol. The molecule has 1 heterocycles. The van der Waals surface area contributed by atoms with E-state index < -0.39 is 0 Å². The summed E-state index contributed by atoms with van der Waals surface area (Å²) in [7, 11) is 0. The number of fused-ring (bicyclic) bond motifs is 1. The predicted octanol–water partition coefficient (Wildman–Crippen LogP) is 2.10. The van der Waals surface area contributed by atoms with E-state index in [9.17, 15) is 0 Å². The molecule has 0 unspecified atom stereocenters. The molecular formula is C11H11NO2. The normalized spacial score (nSPS) is 12.6. The van der Waals surface area contributed by atoms with E-state index in [-0.39, 0.29) is 6.79 Å². The lowest BCUT2D eigenvalue weighted by Crippen LogP contribution is -1.94. The largest absolute Gasteiger partial charge is 0.453 e. The molecule has 0 aromatic heterocycles. The Bertz CT molecular complexity index is 418. The molecule has 1 aliphatic rings. The third-order valence-corrected chi connectivity index (χ3v) is 2.50. The van der Waals surface area contributed by atoms with Gasteiger partial charge in [0.15, 0.2) is 11.5 Å². The van der Waals surface area contributed by atoms with Gasteiger partial charge in [-0.25, -0.2) is 0 Å². The van der Waals surface area contributed by atoms with Crippen LogP contribution in [-0.4, -0.2) is 6.79 Å². The third kappa shape index (κ3) is 1.20. The van der Waals surface area contributed by atoms with Crippen molar-refractivity contribution < 1.29 is 9.47 Å². The molecule has 1 aliphatic heterocycles. The smallest absolute Gasteiger partial charge is 0.231 e. The summed E-state index contributed by atoms with van der Waals surface area (Å²) in [6, 6.07) is 4.12. The van der Waals surface area contributed by atoms with Crippen LogP contribution in [0.25, 0.3) is 0 Å². The number of hydrogen-bond acceptors (Lipinski definition) is 3. The molecule has 3 nitrogen and oxygen atoms in total. The summed E-state index contributed by atoms with van der Waals surface area (Å²) in [6.07, 6.45) is 0.368. The summed E-state index contributed by atoms with van der Waals surface area (Å²) < 4.78 is 10.7. The van der Waals surface area contributed by atoms with Crippen LogP contribution in [0, 0.1) is 25.2 Å². The van der Waals surface area contributed by atoms with Crippen molar-refractivity contribution in [3.63, 3.8) is 0 Å². The minimum atomic E-state index is 0.262. The number of ether oxygens (including phenoxy) is 2. The zero-order chi connectivity index (χ0) is 10.1. The first-order valence-electron chi connectivity index (χ1n) is 4.49. The second kappa shape index (κ2) is 3.22. The molecule has 72 valence electrons. The van der Waals surface area contributed by atoms with Crippen LogP contribution in [0.1, 0.15) is 16.7 Å². The van der Waals surface area contributed by atoms with E-state index in [0.717, 1.165) is 28.2 Å². The highest BCUT2D eigenvalue weighted by atomic mass is 16.7. The van der Waals surface area contributed by atoms with Crippen LogP contribution in [0.15, 0.2) is 6.07 Å². The highest BCUT2D eigenvalue weighted by Gasteiger charge is 2.21. The first kappa shape index (κ1) is 8.89. The number of benzene rings is 1. The lowest BCUT2D eigenvalue weighted by Gasteiger charge is -2.07. The SMILES string of the molecule is Cc1cc(CC#N)c2c(c1C)OCO2. The van der Waals surface area contributed by atoms with E-state index in [2.05, 4.69) is 6.07 Å². The van der Waals surface area contributed by atoms with E-state index in [0.29, 0.717) is 6.42 Å².